The maximum atomic E-state index is 13.3. The molecule has 0 heterocycles. The standard InChI is InChI=1S/C17H27F3O6/c1-8-15(5,6)12(22)24-9-10-25-13(23)16(7,17(18,19)20)26-11(21)14(2,3)4/h8-10H2,1-7H3. The lowest BCUT2D eigenvalue weighted by Crippen LogP contribution is -2.55. The third-order valence-electron chi connectivity index (χ3n) is 3.83. The smallest absolute Gasteiger partial charge is 0.439 e. The number of alkyl halides is 3. The lowest BCUT2D eigenvalue weighted by Gasteiger charge is -2.31. The van der Waals surface area contributed by atoms with Crippen molar-refractivity contribution in [3.8, 4) is 0 Å². The average molecular weight is 384 g/mol. The van der Waals surface area contributed by atoms with Crippen LogP contribution in [0.25, 0.3) is 0 Å². The lowest BCUT2D eigenvalue weighted by molar-refractivity contribution is -0.268. The van der Waals surface area contributed by atoms with E-state index in [0.717, 1.165) is 0 Å². The summed E-state index contributed by atoms with van der Waals surface area (Å²) in [5, 5.41) is 0. The normalized spacial score (nSPS) is 15.0. The molecular weight excluding hydrogens is 357 g/mol. The first kappa shape index (κ1) is 24.2. The van der Waals surface area contributed by atoms with Crippen LogP contribution >= 0.6 is 0 Å². The zero-order valence-corrected chi connectivity index (χ0v) is 16.2. The van der Waals surface area contributed by atoms with Crippen molar-refractivity contribution in [2.45, 2.75) is 66.7 Å². The maximum absolute atomic E-state index is 13.3. The number of esters is 3. The summed E-state index contributed by atoms with van der Waals surface area (Å²) >= 11 is 0. The highest BCUT2D eigenvalue weighted by atomic mass is 19.4. The number of hydrogen-bond donors (Lipinski definition) is 0. The summed E-state index contributed by atoms with van der Waals surface area (Å²) in [6.07, 6.45) is -4.67. The Morgan fingerprint density at radius 1 is 0.769 bits per heavy atom. The van der Waals surface area contributed by atoms with E-state index in [4.69, 9.17) is 4.74 Å². The molecule has 0 saturated heterocycles. The third-order valence-corrected chi connectivity index (χ3v) is 3.83. The van der Waals surface area contributed by atoms with E-state index in [9.17, 15) is 27.6 Å². The van der Waals surface area contributed by atoms with Crippen LogP contribution in [-0.2, 0) is 28.6 Å². The van der Waals surface area contributed by atoms with Gasteiger partial charge in [-0.05, 0) is 48.0 Å². The SMILES string of the molecule is CCC(C)(C)C(=O)OCCOC(=O)C(C)(OC(=O)C(C)(C)C)C(F)(F)F. The van der Waals surface area contributed by atoms with Crippen molar-refractivity contribution in [2.75, 3.05) is 13.2 Å². The number of rotatable bonds is 7. The maximum Gasteiger partial charge on any atom is 0.439 e. The molecule has 0 saturated carbocycles. The van der Waals surface area contributed by atoms with Crippen LogP contribution in [0.15, 0.2) is 0 Å². The number of halogens is 3. The van der Waals surface area contributed by atoms with Crippen molar-refractivity contribution in [1.82, 2.24) is 0 Å². The number of ether oxygens (including phenoxy) is 3. The molecule has 0 aromatic carbocycles. The van der Waals surface area contributed by atoms with E-state index in [-0.39, 0.29) is 0 Å². The molecule has 0 radical (unpaired) electrons. The van der Waals surface area contributed by atoms with Gasteiger partial charge in [0.05, 0.1) is 10.8 Å². The van der Waals surface area contributed by atoms with Crippen LogP contribution in [0.2, 0.25) is 0 Å². The Labute approximate surface area is 151 Å². The summed E-state index contributed by atoms with van der Waals surface area (Å²) in [6.45, 7) is 8.55. The number of hydrogen-bond acceptors (Lipinski definition) is 6. The van der Waals surface area contributed by atoms with Crippen molar-refractivity contribution < 1.29 is 41.8 Å². The molecule has 152 valence electrons. The summed E-state index contributed by atoms with van der Waals surface area (Å²) in [5.74, 6) is -3.55. The number of carbonyl (C=O) groups is 3. The van der Waals surface area contributed by atoms with Gasteiger partial charge in [0, 0.05) is 0 Å². The van der Waals surface area contributed by atoms with Gasteiger partial charge in [-0.25, -0.2) is 4.79 Å². The molecule has 0 aliphatic heterocycles. The minimum atomic E-state index is -5.17. The Hall–Kier alpha value is -1.80. The highest BCUT2D eigenvalue weighted by molar-refractivity contribution is 5.85. The highest BCUT2D eigenvalue weighted by Gasteiger charge is 2.62. The van der Waals surface area contributed by atoms with Gasteiger partial charge in [-0.3, -0.25) is 9.59 Å². The zero-order chi connectivity index (χ0) is 21.0. The Morgan fingerprint density at radius 2 is 1.19 bits per heavy atom. The third kappa shape index (κ3) is 6.17. The topological polar surface area (TPSA) is 78.9 Å². The van der Waals surface area contributed by atoms with Crippen LogP contribution in [-0.4, -0.2) is 42.9 Å². The summed E-state index contributed by atoms with van der Waals surface area (Å²) in [6, 6.07) is 0. The zero-order valence-electron chi connectivity index (χ0n) is 16.2. The summed E-state index contributed by atoms with van der Waals surface area (Å²) in [4.78, 5) is 35.4. The quantitative estimate of drug-likeness (QED) is 0.380. The fourth-order valence-electron chi connectivity index (χ4n) is 1.30. The molecule has 0 spiro atoms. The molecule has 0 aliphatic carbocycles. The van der Waals surface area contributed by atoms with Crippen molar-refractivity contribution >= 4 is 17.9 Å². The monoisotopic (exact) mass is 384 g/mol. The van der Waals surface area contributed by atoms with Crippen LogP contribution in [0, 0.1) is 10.8 Å². The van der Waals surface area contributed by atoms with Gasteiger partial charge in [0.2, 0.25) is 0 Å². The van der Waals surface area contributed by atoms with Crippen LogP contribution in [0.4, 0.5) is 13.2 Å². The molecule has 0 aliphatic rings. The molecule has 0 aromatic rings. The summed E-state index contributed by atoms with van der Waals surface area (Å²) in [5.41, 5.74) is -5.45. The minimum Gasteiger partial charge on any atom is -0.462 e. The average Bonchev–Trinajstić information content (AvgIpc) is 2.48. The van der Waals surface area contributed by atoms with Crippen molar-refractivity contribution in [1.29, 1.82) is 0 Å². The van der Waals surface area contributed by atoms with E-state index >= 15 is 0 Å². The first-order chi connectivity index (χ1) is 11.5. The second-order valence-corrected chi connectivity index (χ2v) is 7.68. The lowest BCUT2D eigenvalue weighted by atomic mass is 9.91. The van der Waals surface area contributed by atoms with E-state index in [1.807, 2.05) is 0 Å². The Balaban J connectivity index is 4.93. The molecule has 0 aromatic heterocycles. The van der Waals surface area contributed by atoms with E-state index in [1.165, 1.54) is 20.8 Å². The van der Waals surface area contributed by atoms with Gasteiger partial charge in [-0.1, -0.05) is 6.92 Å². The fourth-order valence-corrected chi connectivity index (χ4v) is 1.30. The fraction of sp³-hybridized carbons (Fsp3) is 0.824. The molecule has 0 bridgehead atoms. The van der Waals surface area contributed by atoms with Crippen LogP contribution < -0.4 is 0 Å². The molecular formula is C17H27F3O6. The van der Waals surface area contributed by atoms with Crippen LogP contribution in [0.3, 0.4) is 0 Å². The predicted molar refractivity (Wildman–Crippen MR) is 86.0 cm³/mol. The molecule has 1 unspecified atom stereocenters. The highest BCUT2D eigenvalue weighted by Crippen LogP contribution is 2.36. The van der Waals surface area contributed by atoms with Gasteiger partial charge < -0.3 is 14.2 Å². The van der Waals surface area contributed by atoms with Gasteiger partial charge in [0.1, 0.15) is 13.2 Å². The van der Waals surface area contributed by atoms with Crippen molar-refractivity contribution in [3.63, 3.8) is 0 Å². The summed E-state index contributed by atoms with van der Waals surface area (Å²) < 4.78 is 53.7. The van der Waals surface area contributed by atoms with Gasteiger partial charge in [0.15, 0.2) is 0 Å². The van der Waals surface area contributed by atoms with E-state index in [2.05, 4.69) is 9.47 Å². The van der Waals surface area contributed by atoms with E-state index < -0.39 is 53.7 Å². The van der Waals surface area contributed by atoms with Crippen LogP contribution in [0.5, 0.6) is 0 Å². The Kier molecular flexibility index (Phi) is 7.69. The van der Waals surface area contributed by atoms with Crippen molar-refractivity contribution in [3.05, 3.63) is 0 Å². The van der Waals surface area contributed by atoms with E-state index in [0.29, 0.717) is 13.3 Å². The van der Waals surface area contributed by atoms with Gasteiger partial charge >= 0.3 is 24.1 Å². The van der Waals surface area contributed by atoms with Gasteiger partial charge in [0.25, 0.3) is 5.60 Å². The molecule has 0 rings (SSSR count). The van der Waals surface area contributed by atoms with Crippen molar-refractivity contribution in [2.24, 2.45) is 10.8 Å². The molecule has 1 atom stereocenters. The first-order valence-electron chi connectivity index (χ1n) is 8.13. The van der Waals surface area contributed by atoms with E-state index in [1.54, 1.807) is 20.8 Å². The molecule has 0 N–H and O–H groups in total. The first-order valence-corrected chi connectivity index (χ1v) is 8.13. The van der Waals surface area contributed by atoms with Gasteiger partial charge in [-0.15, -0.1) is 0 Å². The van der Waals surface area contributed by atoms with Gasteiger partial charge in [-0.2, -0.15) is 13.2 Å². The summed E-state index contributed by atoms with van der Waals surface area (Å²) in [7, 11) is 0. The van der Waals surface area contributed by atoms with Crippen LogP contribution in [0.1, 0.15) is 54.9 Å². The Morgan fingerprint density at radius 3 is 1.54 bits per heavy atom. The Bertz CT molecular complexity index is 534. The molecule has 9 heteroatoms. The molecule has 6 nitrogen and oxygen atoms in total. The minimum absolute atomic E-state index is 0.408. The number of carbonyl (C=O) groups excluding carboxylic acids is 3. The largest absolute Gasteiger partial charge is 0.462 e. The molecule has 0 amide bonds. The molecule has 0 fully saturated rings. The second kappa shape index (κ2) is 8.26. The molecule has 26 heavy (non-hydrogen) atoms. The second-order valence-electron chi connectivity index (χ2n) is 7.68. The predicted octanol–water partition coefficient (Wildman–Crippen LogP) is 3.42.